The van der Waals surface area contributed by atoms with E-state index in [1.807, 2.05) is 0 Å². The molecule has 0 saturated carbocycles. The zero-order valence-electron chi connectivity index (χ0n) is 15.6. The molecule has 0 unspecified atom stereocenters. The highest BCUT2D eigenvalue weighted by Gasteiger charge is 2.32. The Morgan fingerprint density at radius 1 is 1.21 bits per heavy atom. The number of aryl methyl sites for hydroxylation is 1. The van der Waals surface area contributed by atoms with Gasteiger partial charge in [0.15, 0.2) is 0 Å². The maximum atomic E-state index is 12.8. The van der Waals surface area contributed by atoms with Crippen LogP contribution in [-0.2, 0) is 27.5 Å². The first-order valence-corrected chi connectivity index (χ1v) is 9.90. The van der Waals surface area contributed by atoms with E-state index in [9.17, 15) is 26.4 Å². The Kier molecular flexibility index (Phi) is 6.56. The molecule has 1 aromatic carbocycles. The number of furan rings is 1. The Morgan fingerprint density at radius 2 is 1.89 bits per heavy atom. The Hall–Kier alpha value is -2.33. The second-order valence-electron chi connectivity index (χ2n) is 6.48. The van der Waals surface area contributed by atoms with Gasteiger partial charge in [-0.3, -0.25) is 4.79 Å². The second-order valence-corrected chi connectivity index (χ2v) is 8.24. The third kappa shape index (κ3) is 5.59. The maximum absolute atomic E-state index is 12.8. The number of hydrogen-bond acceptors (Lipinski definition) is 4. The summed E-state index contributed by atoms with van der Waals surface area (Å²) in [6.45, 7) is 4.84. The van der Waals surface area contributed by atoms with Crippen molar-refractivity contribution in [2.75, 3.05) is 6.54 Å². The SMILES string of the molecule is Cc1ccc(CN(C(=O)CNS(=O)(=O)c2cccc(C(F)(F)F)c2)C(C)C)o1. The number of nitrogens with zero attached hydrogens (tertiary/aromatic N) is 1. The molecule has 1 heterocycles. The number of rotatable bonds is 7. The minimum Gasteiger partial charge on any atom is -0.464 e. The van der Waals surface area contributed by atoms with Crippen LogP contribution in [0.3, 0.4) is 0 Å². The molecule has 0 aliphatic rings. The number of benzene rings is 1. The third-order valence-corrected chi connectivity index (χ3v) is 5.35. The summed E-state index contributed by atoms with van der Waals surface area (Å²) in [6.07, 6.45) is -4.67. The minimum absolute atomic E-state index is 0.148. The van der Waals surface area contributed by atoms with Gasteiger partial charge in [0.05, 0.1) is 23.5 Å². The van der Waals surface area contributed by atoms with Gasteiger partial charge in [0.25, 0.3) is 0 Å². The third-order valence-electron chi connectivity index (χ3n) is 3.95. The molecule has 0 atom stereocenters. The van der Waals surface area contributed by atoms with E-state index in [4.69, 9.17) is 4.42 Å². The quantitative estimate of drug-likeness (QED) is 0.748. The summed E-state index contributed by atoms with van der Waals surface area (Å²) in [6, 6.07) is 6.55. The number of alkyl halides is 3. The Balaban J connectivity index is 2.11. The number of halogens is 3. The molecule has 0 bridgehead atoms. The molecular weight excluding hydrogens is 397 g/mol. The van der Waals surface area contributed by atoms with Gasteiger partial charge in [-0.1, -0.05) is 6.07 Å². The predicted octanol–water partition coefficient (Wildman–Crippen LogP) is 3.32. The fraction of sp³-hybridized carbons (Fsp3) is 0.389. The van der Waals surface area contributed by atoms with Crippen molar-refractivity contribution in [2.24, 2.45) is 0 Å². The van der Waals surface area contributed by atoms with Gasteiger partial charge in [0.2, 0.25) is 15.9 Å². The van der Waals surface area contributed by atoms with E-state index < -0.39 is 39.1 Å². The Labute approximate surface area is 161 Å². The van der Waals surface area contributed by atoms with Gasteiger partial charge < -0.3 is 9.32 Å². The molecule has 154 valence electrons. The van der Waals surface area contributed by atoms with Gasteiger partial charge in [0.1, 0.15) is 11.5 Å². The van der Waals surface area contributed by atoms with Crippen molar-refractivity contribution in [1.82, 2.24) is 9.62 Å². The van der Waals surface area contributed by atoms with Crippen LogP contribution in [0.2, 0.25) is 0 Å². The molecule has 0 radical (unpaired) electrons. The summed E-state index contributed by atoms with van der Waals surface area (Å²) < 4.78 is 70.5. The highest BCUT2D eigenvalue weighted by Crippen LogP contribution is 2.30. The van der Waals surface area contributed by atoms with Crippen molar-refractivity contribution in [3.05, 3.63) is 53.5 Å². The molecule has 0 aliphatic heterocycles. The molecule has 6 nitrogen and oxygen atoms in total. The highest BCUT2D eigenvalue weighted by molar-refractivity contribution is 7.89. The lowest BCUT2D eigenvalue weighted by Crippen LogP contribution is -2.43. The molecule has 28 heavy (non-hydrogen) atoms. The van der Waals surface area contributed by atoms with Crippen LogP contribution in [-0.4, -0.2) is 31.8 Å². The Morgan fingerprint density at radius 3 is 2.43 bits per heavy atom. The van der Waals surface area contributed by atoms with Crippen molar-refractivity contribution in [1.29, 1.82) is 0 Å². The lowest BCUT2D eigenvalue weighted by Gasteiger charge is -2.26. The predicted molar refractivity (Wildman–Crippen MR) is 95.8 cm³/mol. The molecule has 1 N–H and O–H groups in total. The monoisotopic (exact) mass is 418 g/mol. The second kappa shape index (κ2) is 8.36. The van der Waals surface area contributed by atoms with Crippen molar-refractivity contribution in [2.45, 2.75) is 44.4 Å². The summed E-state index contributed by atoms with van der Waals surface area (Å²) in [5.41, 5.74) is -1.08. The van der Waals surface area contributed by atoms with Crippen molar-refractivity contribution >= 4 is 15.9 Å². The number of nitrogens with one attached hydrogen (secondary N) is 1. The van der Waals surface area contributed by atoms with E-state index >= 15 is 0 Å². The summed E-state index contributed by atoms with van der Waals surface area (Å²) in [4.78, 5) is 13.3. The molecule has 2 aromatic rings. The standard InChI is InChI=1S/C18H21F3N2O4S/c1-12(2)23(11-15-8-7-13(3)27-15)17(24)10-22-28(25,26)16-6-4-5-14(9-16)18(19,20)21/h4-9,12,22H,10-11H2,1-3H3. The molecule has 0 spiro atoms. The molecule has 1 amide bonds. The van der Waals surface area contributed by atoms with Crippen molar-refractivity contribution in [3.63, 3.8) is 0 Å². The van der Waals surface area contributed by atoms with E-state index in [0.29, 0.717) is 17.6 Å². The molecule has 2 rings (SSSR count). The van der Waals surface area contributed by atoms with Crippen LogP contribution in [0, 0.1) is 6.92 Å². The molecule has 0 fully saturated rings. The van der Waals surface area contributed by atoms with Crippen LogP contribution in [0.25, 0.3) is 0 Å². The van der Waals surface area contributed by atoms with Crippen LogP contribution in [0.1, 0.15) is 30.9 Å². The molecule has 0 aliphatic carbocycles. The fourth-order valence-corrected chi connectivity index (χ4v) is 3.50. The van der Waals surface area contributed by atoms with E-state index in [0.717, 1.165) is 18.2 Å². The number of hydrogen-bond donors (Lipinski definition) is 1. The number of sulfonamides is 1. The number of carbonyl (C=O) groups excluding carboxylic acids is 1. The van der Waals surface area contributed by atoms with Crippen LogP contribution < -0.4 is 4.72 Å². The molecule has 1 aromatic heterocycles. The fourth-order valence-electron chi connectivity index (χ4n) is 2.48. The molecule has 10 heteroatoms. The van der Waals surface area contributed by atoms with E-state index in [2.05, 4.69) is 4.72 Å². The maximum Gasteiger partial charge on any atom is 0.416 e. The average molecular weight is 418 g/mol. The summed E-state index contributed by atoms with van der Waals surface area (Å²) in [5.74, 6) is 0.691. The van der Waals surface area contributed by atoms with Crippen molar-refractivity contribution in [3.8, 4) is 0 Å². The highest BCUT2D eigenvalue weighted by atomic mass is 32.2. The lowest BCUT2D eigenvalue weighted by molar-refractivity contribution is -0.137. The number of amides is 1. The summed E-state index contributed by atoms with van der Waals surface area (Å²) >= 11 is 0. The van der Waals surface area contributed by atoms with Gasteiger partial charge in [-0.2, -0.15) is 13.2 Å². The first-order chi connectivity index (χ1) is 12.9. The zero-order valence-corrected chi connectivity index (χ0v) is 16.4. The van der Waals surface area contributed by atoms with Gasteiger partial charge in [-0.15, -0.1) is 0 Å². The van der Waals surface area contributed by atoms with Gasteiger partial charge in [-0.05, 0) is 51.1 Å². The van der Waals surface area contributed by atoms with Crippen LogP contribution in [0.15, 0.2) is 45.7 Å². The topological polar surface area (TPSA) is 79.6 Å². The minimum atomic E-state index is -4.67. The van der Waals surface area contributed by atoms with E-state index in [1.165, 1.54) is 4.90 Å². The smallest absolute Gasteiger partial charge is 0.416 e. The summed E-state index contributed by atoms with van der Waals surface area (Å²) in [7, 11) is -4.29. The first kappa shape index (κ1) is 22.0. The largest absolute Gasteiger partial charge is 0.464 e. The van der Waals surface area contributed by atoms with Crippen molar-refractivity contribution < 1.29 is 30.8 Å². The zero-order chi connectivity index (χ0) is 21.1. The summed E-state index contributed by atoms with van der Waals surface area (Å²) in [5, 5.41) is 0. The number of carbonyl (C=O) groups is 1. The van der Waals surface area contributed by atoms with Crippen LogP contribution >= 0.6 is 0 Å². The van der Waals surface area contributed by atoms with Gasteiger partial charge >= 0.3 is 6.18 Å². The lowest BCUT2D eigenvalue weighted by atomic mass is 10.2. The Bertz CT molecular complexity index is 936. The average Bonchev–Trinajstić information content (AvgIpc) is 3.02. The van der Waals surface area contributed by atoms with E-state index in [1.54, 1.807) is 32.9 Å². The first-order valence-electron chi connectivity index (χ1n) is 8.42. The normalized spacial score (nSPS) is 12.4. The van der Waals surface area contributed by atoms with Gasteiger partial charge in [-0.25, -0.2) is 13.1 Å². The molecule has 0 saturated heterocycles. The van der Waals surface area contributed by atoms with Crippen LogP contribution in [0.4, 0.5) is 13.2 Å². The molecular formula is C18H21F3N2O4S. The van der Waals surface area contributed by atoms with Gasteiger partial charge in [0, 0.05) is 6.04 Å². The van der Waals surface area contributed by atoms with E-state index in [-0.39, 0.29) is 12.6 Å². The van der Waals surface area contributed by atoms with Crippen LogP contribution in [0.5, 0.6) is 0 Å².